The van der Waals surface area contributed by atoms with Crippen molar-refractivity contribution in [3.8, 4) is 0 Å². The number of aliphatic hydroxyl groups is 1. The monoisotopic (exact) mass is 252 g/mol. The van der Waals surface area contributed by atoms with Gasteiger partial charge in [0.15, 0.2) is 11.9 Å². The molecule has 0 aliphatic rings. The van der Waals surface area contributed by atoms with Crippen molar-refractivity contribution in [3.05, 3.63) is 41.2 Å². The molecule has 6 heteroatoms. The third-order valence-electron chi connectivity index (χ3n) is 2.37. The zero-order valence-corrected chi connectivity index (χ0v) is 10.3. The highest BCUT2D eigenvalue weighted by Gasteiger charge is 2.22. The molecule has 0 radical (unpaired) electrons. The van der Waals surface area contributed by atoms with Crippen molar-refractivity contribution in [1.82, 2.24) is 19.7 Å². The maximum Gasteiger partial charge on any atom is 0.163 e. The molecule has 0 aliphatic heterocycles. The van der Waals surface area contributed by atoms with E-state index in [-0.39, 0.29) is 6.04 Å². The first kappa shape index (κ1) is 12.0. The highest BCUT2D eigenvalue weighted by Crippen LogP contribution is 2.28. The molecule has 2 rings (SSSR count). The largest absolute Gasteiger partial charge is 0.379 e. The van der Waals surface area contributed by atoms with Crippen LogP contribution in [0.2, 0.25) is 5.02 Å². The molecule has 2 aromatic heterocycles. The molecule has 0 saturated heterocycles. The van der Waals surface area contributed by atoms with E-state index in [4.69, 9.17) is 11.6 Å². The quantitative estimate of drug-likeness (QED) is 0.907. The number of rotatable bonds is 3. The molecule has 0 aliphatic carbocycles. The number of halogens is 1. The van der Waals surface area contributed by atoms with Crippen molar-refractivity contribution in [3.63, 3.8) is 0 Å². The third-order valence-corrected chi connectivity index (χ3v) is 2.66. The van der Waals surface area contributed by atoms with Crippen LogP contribution in [-0.4, -0.2) is 24.9 Å². The molecule has 0 amide bonds. The molecular formula is C11H13ClN4O. The van der Waals surface area contributed by atoms with Crippen LogP contribution < -0.4 is 0 Å². The van der Waals surface area contributed by atoms with Gasteiger partial charge in [-0.25, -0.2) is 9.97 Å². The first-order valence-electron chi connectivity index (χ1n) is 5.29. The van der Waals surface area contributed by atoms with Crippen molar-refractivity contribution in [1.29, 1.82) is 0 Å². The summed E-state index contributed by atoms with van der Waals surface area (Å²) in [4.78, 5) is 8.03. The number of aromatic nitrogens is 4. The van der Waals surface area contributed by atoms with E-state index in [0.717, 1.165) is 0 Å². The summed E-state index contributed by atoms with van der Waals surface area (Å²) in [5.41, 5.74) is 0.521. The molecule has 2 aromatic rings. The minimum atomic E-state index is -0.964. The van der Waals surface area contributed by atoms with Gasteiger partial charge in [-0.1, -0.05) is 11.6 Å². The maximum atomic E-state index is 10.2. The van der Waals surface area contributed by atoms with Gasteiger partial charge in [0.1, 0.15) is 0 Å². The Bertz CT molecular complexity index is 497. The predicted molar refractivity (Wildman–Crippen MR) is 63.7 cm³/mol. The molecule has 1 N–H and O–H groups in total. The highest BCUT2D eigenvalue weighted by molar-refractivity contribution is 6.31. The SMILES string of the molecule is CC(C)n1ncc(Cl)c1C(O)c1ncccn1. The number of hydrogen-bond donors (Lipinski definition) is 1. The summed E-state index contributed by atoms with van der Waals surface area (Å²) in [6, 6.07) is 1.80. The first-order chi connectivity index (χ1) is 8.11. The van der Waals surface area contributed by atoms with E-state index < -0.39 is 6.10 Å². The second kappa shape index (κ2) is 4.81. The molecular weight excluding hydrogens is 240 g/mol. The molecule has 0 bridgehead atoms. The van der Waals surface area contributed by atoms with Gasteiger partial charge in [0.05, 0.1) is 16.9 Å². The van der Waals surface area contributed by atoms with E-state index >= 15 is 0 Å². The molecule has 17 heavy (non-hydrogen) atoms. The predicted octanol–water partition coefficient (Wildman–Crippen LogP) is 1.99. The van der Waals surface area contributed by atoms with Gasteiger partial charge in [-0.05, 0) is 19.9 Å². The first-order valence-corrected chi connectivity index (χ1v) is 5.67. The standard InChI is InChI=1S/C11H13ClN4O/c1-7(2)16-9(8(12)6-15-16)10(17)11-13-4-3-5-14-11/h3-7,10,17H,1-2H3. The summed E-state index contributed by atoms with van der Waals surface area (Å²) in [6.45, 7) is 3.93. The van der Waals surface area contributed by atoms with Crippen LogP contribution in [-0.2, 0) is 0 Å². The topological polar surface area (TPSA) is 63.8 Å². The lowest BCUT2D eigenvalue weighted by Crippen LogP contribution is -2.14. The highest BCUT2D eigenvalue weighted by atomic mass is 35.5. The van der Waals surface area contributed by atoms with Crippen LogP contribution in [0.15, 0.2) is 24.7 Å². The molecule has 90 valence electrons. The van der Waals surface area contributed by atoms with Crippen LogP contribution in [0.5, 0.6) is 0 Å². The average Bonchev–Trinajstić information content (AvgIpc) is 2.71. The Balaban J connectivity index is 2.43. The Kier molecular flexibility index (Phi) is 3.40. The lowest BCUT2D eigenvalue weighted by atomic mass is 10.2. The fraction of sp³-hybridized carbons (Fsp3) is 0.364. The van der Waals surface area contributed by atoms with Crippen molar-refractivity contribution in [2.45, 2.75) is 26.0 Å². The summed E-state index contributed by atoms with van der Waals surface area (Å²) in [6.07, 6.45) is 3.71. The smallest absolute Gasteiger partial charge is 0.163 e. The van der Waals surface area contributed by atoms with Gasteiger partial charge >= 0.3 is 0 Å². The zero-order chi connectivity index (χ0) is 12.4. The molecule has 5 nitrogen and oxygen atoms in total. The van der Waals surface area contributed by atoms with E-state index in [9.17, 15) is 5.11 Å². The molecule has 0 spiro atoms. The van der Waals surface area contributed by atoms with Crippen LogP contribution in [0.25, 0.3) is 0 Å². The molecule has 0 aromatic carbocycles. The number of aliphatic hydroxyl groups excluding tert-OH is 1. The normalized spacial score (nSPS) is 13.0. The maximum absolute atomic E-state index is 10.2. The van der Waals surface area contributed by atoms with Crippen LogP contribution in [0, 0.1) is 0 Å². The molecule has 1 unspecified atom stereocenters. The number of hydrogen-bond acceptors (Lipinski definition) is 4. The van der Waals surface area contributed by atoms with Crippen molar-refractivity contribution in [2.24, 2.45) is 0 Å². The van der Waals surface area contributed by atoms with E-state index in [1.54, 1.807) is 23.1 Å². The Morgan fingerprint density at radius 1 is 1.29 bits per heavy atom. The molecule has 0 fully saturated rings. The summed E-state index contributed by atoms with van der Waals surface area (Å²) < 4.78 is 1.67. The van der Waals surface area contributed by atoms with Gasteiger partial charge < -0.3 is 5.11 Å². The fourth-order valence-electron chi connectivity index (χ4n) is 1.59. The van der Waals surface area contributed by atoms with Crippen LogP contribution in [0.1, 0.15) is 37.5 Å². The van der Waals surface area contributed by atoms with E-state index in [1.807, 2.05) is 13.8 Å². The molecule has 2 heterocycles. The Labute approximate surface area is 104 Å². The summed E-state index contributed by atoms with van der Waals surface area (Å²) in [5, 5.41) is 14.8. The van der Waals surface area contributed by atoms with Crippen LogP contribution in [0.4, 0.5) is 0 Å². The van der Waals surface area contributed by atoms with Gasteiger partial charge in [-0.3, -0.25) is 4.68 Å². The van der Waals surface area contributed by atoms with Crippen LogP contribution in [0.3, 0.4) is 0 Å². The summed E-state index contributed by atoms with van der Waals surface area (Å²) in [5.74, 6) is 0.316. The summed E-state index contributed by atoms with van der Waals surface area (Å²) in [7, 11) is 0. The molecule has 1 atom stereocenters. The lowest BCUT2D eigenvalue weighted by Gasteiger charge is -2.15. The van der Waals surface area contributed by atoms with Crippen LogP contribution >= 0.6 is 11.6 Å². The fourth-order valence-corrected chi connectivity index (χ4v) is 1.83. The second-order valence-electron chi connectivity index (χ2n) is 3.93. The van der Waals surface area contributed by atoms with Crippen molar-refractivity contribution < 1.29 is 5.11 Å². The van der Waals surface area contributed by atoms with Crippen molar-refractivity contribution in [2.75, 3.05) is 0 Å². The third kappa shape index (κ3) is 2.30. The van der Waals surface area contributed by atoms with Gasteiger partial charge in [0.2, 0.25) is 0 Å². The Morgan fingerprint density at radius 2 is 1.94 bits per heavy atom. The van der Waals surface area contributed by atoms with E-state index in [2.05, 4.69) is 15.1 Å². The van der Waals surface area contributed by atoms with Crippen molar-refractivity contribution >= 4 is 11.6 Å². The summed E-state index contributed by atoms with van der Waals surface area (Å²) >= 11 is 6.03. The average molecular weight is 253 g/mol. The minimum Gasteiger partial charge on any atom is -0.379 e. The lowest BCUT2D eigenvalue weighted by molar-refractivity contribution is 0.195. The second-order valence-corrected chi connectivity index (χ2v) is 4.33. The minimum absolute atomic E-state index is 0.107. The van der Waals surface area contributed by atoms with E-state index in [1.165, 1.54) is 6.20 Å². The van der Waals surface area contributed by atoms with Gasteiger partial charge in [0.25, 0.3) is 0 Å². The Hall–Kier alpha value is -1.46. The van der Waals surface area contributed by atoms with E-state index in [0.29, 0.717) is 16.5 Å². The molecule has 0 saturated carbocycles. The van der Waals surface area contributed by atoms with Gasteiger partial charge in [-0.15, -0.1) is 0 Å². The Morgan fingerprint density at radius 3 is 2.53 bits per heavy atom. The zero-order valence-electron chi connectivity index (χ0n) is 9.58. The van der Waals surface area contributed by atoms with Gasteiger partial charge in [0, 0.05) is 18.4 Å². The number of nitrogens with zero attached hydrogens (tertiary/aromatic N) is 4. The van der Waals surface area contributed by atoms with Gasteiger partial charge in [-0.2, -0.15) is 5.10 Å².